The summed E-state index contributed by atoms with van der Waals surface area (Å²) in [4.78, 5) is 10.9. The van der Waals surface area contributed by atoms with Crippen LogP contribution < -0.4 is 0 Å². The lowest BCUT2D eigenvalue weighted by Crippen LogP contribution is -2.18. The molecule has 1 aromatic rings. The van der Waals surface area contributed by atoms with Crippen molar-refractivity contribution in [2.75, 3.05) is 12.3 Å². The Morgan fingerprint density at radius 3 is 2.37 bits per heavy atom. The Morgan fingerprint density at radius 1 is 1.32 bits per heavy atom. The first-order valence-electron chi connectivity index (χ1n) is 6.26. The maximum absolute atomic E-state index is 12.6. The van der Waals surface area contributed by atoms with Crippen molar-refractivity contribution in [3.63, 3.8) is 0 Å². The number of hydrogen-bond donors (Lipinski definition) is 1. The molecule has 0 aliphatic heterocycles. The van der Waals surface area contributed by atoms with Gasteiger partial charge >= 0.3 is 5.97 Å². The zero-order valence-electron chi connectivity index (χ0n) is 11.6. The monoisotopic (exact) mass is 283 g/mol. The van der Waals surface area contributed by atoms with E-state index in [1.807, 2.05) is 45.0 Å². The number of benzene rings is 1. The van der Waals surface area contributed by atoms with Crippen LogP contribution in [-0.4, -0.2) is 27.6 Å². The molecule has 0 spiro atoms. The summed E-state index contributed by atoms with van der Waals surface area (Å²) in [6.07, 6.45) is 0. The van der Waals surface area contributed by atoms with Crippen LogP contribution in [0.5, 0.6) is 0 Å². The highest BCUT2D eigenvalue weighted by atomic mass is 32.2. The van der Waals surface area contributed by atoms with Crippen LogP contribution in [0.2, 0.25) is 0 Å². The van der Waals surface area contributed by atoms with Crippen LogP contribution in [0.15, 0.2) is 28.6 Å². The molecule has 0 saturated heterocycles. The second-order valence-corrected chi connectivity index (χ2v) is 7.53. The van der Waals surface area contributed by atoms with Crippen molar-refractivity contribution in [3.8, 4) is 0 Å². The van der Waals surface area contributed by atoms with Crippen molar-refractivity contribution in [3.05, 3.63) is 35.4 Å². The molecule has 0 radical (unpaired) electrons. The van der Waals surface area contributed by atoms with E-state index < -0.39 is 21.5 Å². The third kappa shape index (κ3) is 5.87. The molecule has 4 nitrogen and oxygen atoms in total. The predicted molar refractivity (Wildman–Crippen MR) is 77.7 cm³/mol. The van der Waals surface area contributed by atoms with Gasteiger partial charge in [-0.25, -0.2) is 8.57 Å². The number of nitrogens with zero attached hydrogens (tertiary/aromatic N) is 1. The first-order chi connectivity index (χ1) is 8.81. The van der Waals surface area contributed by atoms with Crippen molar-refractivity contribution >= 4 is 15.7 Å². The number of hydrogen-bond acceptors (Lipinski definition) is 3. The molecule has 5 heteroatoms. The molecule has 1 unspecified atom stereocenters. The van der Waals surface area contributed by atoms with Crippen molar-refractivity contribution in [1.29, 1.82) is 0 Å². The van der Waals surface area contributed by atoms with Crippen LogP contribution in [0.25, 0.3) is 0 Å². The summed E-state index contributed by atoms with van der Waals surface area (Å²) in [6.45, 7) is 6.34. The van der Waals surface area contributed by atoms with Crippen LogP contribution in [0, 0.1) is 12.8 Å². The Morgan fingerprint density at radius 2 is 1.89 bits per heavy atom. The molecule has 0 heterocycles. The van der Waals surface area contributed by atoms with Gasteiger partial charge in [-0.3, -0.25) is 4.79 Å². The lowest BCUT2D eigenvalue weighted by Gasteiger charge is -2.10. The second kappa shape index (κ2) is 6.70. The lowest BCUT2D eigenvalue weighted by molar-refractivity contribution is -0.134. The maximum Gasteiger partial charge on any atom is 0.317 e. The Labute approximate surface area is 115 Å². The van der Waals surface area contributed by atoms with E-state index in [1.165, 1.54) is 0 Å². The quantitative estimate of drug-likeness (QED) is 0.873. The van der Waals surface area contributed by atoms with E-state index in [1.54, 1.807) is 0 Å². The smallest absolute Gasteiger partial charge is 0.317 e. The lowest BCUT2D eigenvalue weighted by atomic mass is 10.2. The molecular formula is C14H21NO3S. The van der Waals surface area contributed by atoms with Gasteiger partial charge in [-0.15, -0.1) is 0 Å². The summed E-state index contributed by atoms with van der Waals surface area (Å²) in [5.74, 6) is -0.989. The van der Waals surface area contributed by atoms with Gasteiger partial charge in [0.15, 0.2) is 0 Å². The summed E-state index contributed by atoms with van der Waals surface area (Å²) in [7, 11) is -2.72. The molecular weight excluding hydrogens is 262 g/mol. The number of carbonyl (C=O) groups is 1. The number of aliphatic carboxylic acids is 1. The van der Waals surface area contributed by atoms with Gasteiger partial charge in [0.25, 0.3) is 0 Å². The number of aryl methyl sites for hydroxylation is 1. The molecule has 0 saturated carbocycles. The van der Waals surface area contributed by atoms with E-state index in [0.717, 1.165) is 11.1 Å². The van der Waals surface area contributed by atoms with Crippen molar-refractivity contribution in [1.82, 2.24) is 0 Å². The summed E-state index contributed by atoms with van der Waals surface area (Å²) in [5, 5.41) is 8.90. The van der Waals surface area contributed by atoms with Crippen LogP contribution in [0.1, 0.15) is 25.0 Å². The summed E-state index contributed by atoms with van der Waals surface area (Å²) < 4.78 is 16.8. The fourth-order valence-corrected chi connectivity index (χ4v) is 3.52. The largest absolute Gasteiger partial charge is 0.481 e. The van der Waals surface area contributed by atoms with Gasteiger partial charge in [-0.2, -0.15) is 0 Å². The van der Waals surface area contributed by atoms with Crippen LogP contribution in [0.4, 0.5) is 0 Å². The Hall–Kier alpha value is -1.36. The maximum atomic E-state index is 12.6. The average molecular weight is 283 g/mol. The second-order valence-electron chi connectivity index (χ2n) is 5.15. The molecule has 0 aliphatic carbocycles. The Bertz CT molecular complexity index is 540. The van der Waals surface area contributed by atoms with Gasteiger partial charge in [0.2, 0.25) is 0 Å². The van der Waals surface area contributed by atoms with Gasteiger partial charge in [0, 0.05) is 0 Å². The molecule has 1 rings (SSSR count). The van der Waals surface area contributed by atoms with E-state index in [2.05, 4.69) is 4.36 Å². The molecule has 1 atom stereocenters. The third-order valence-corrected chi connectivity index (χ3v) is 4.64. The van der Waals surface area contributed by atoms with Gasteiger partial charge in [-0.1, -0.05) is 43.7 Å². The summed E-state index contributed by atoms with van der Waals surface area (Å²) in [5.41, 5.74) is 1.98. The fraction of sp³-hybridized carbons (Fsp3) is 0.500. The van der Waals surface area contributed by atoms with Crippen molar-refractivity contribution in [2.24, 2.45) is 10.3 Å². The molecule has 1 aromatic carbocycles. The minimum Gasteiger partial charge on any atom is -0.481 e. The molecule has 0 aromatic heterocycles. The van der Waals surface area contributed by atoms with Gasteiger partial charge < -0.3 is 5.11 Å². The highest BCUT2D eigenvalue weighted by Gasteiger charge is 2.15. The zero-order valence-corrected chi connectivity index (χ0v) is 12.4. The van der Waals surface area contributed by atoms with Gasteiger partial charge in [0.1, 0.15) is 5.75 Å². The molecule has 106 valence electrons. The molecule has 0 amide bonds. The average Bonchev–Trinajstić information content (AvgIpc) is 2.29. The summed E-state index contributed by atoms with van der Waals surface area (Å²) in [6, 6.07) is 7.61. The van der Waals surface area contributed by atoms with Crippen molar-refractivity contribution in [2.45, 2.75) is 26.5 Å². The van der Waals surface area contributed by atoms with Gasteiger partial charge in [-0.05, 0) is 18.4 Å². The molecule has 0 fully saturated rings. The van der Waals surface area contributed by atoms with Crippen molar-refractivity contribution < 1.29 is 14.1 Å². The third-order valence-electron chi connectivity index (χ3n) is 2.54. The van der Waals surface area contributed by atoms with E-state index in [0.29, 0.717) is 6.54 Å². The van der Waals surface area contributed by atoms with E-state index in [4.69, 9.17) is 5.11 Å². The first kappa shape index (κ1) is 15.7. The van der Waals surface area contributed by atoms with E-state index in [-0.39, 0.29) is 11.7 Å². The standard InChI is InChI=1S/C14H21NO3S/c1-11(2)8-15-19(18,10-14(16)17)9-13-6-4-12(3)5-7-13/h4-7,11H,8-10H2,1-3H3,(H,16,17). The Kier molecular flexibility index (Phi) is 5.54. The topological polar surface area (TPSA) is 66.7 Å². The summed E-state index contributed by atoms with van der Waals surface area (Å²) >= 11 is 0. The number of carboxylic acids is 1. The SMILES string of the molecule is Cc1ccc(CS(=O)(CC(=O)O)=NCC(C)C)cc1. The molecule has 0 bridgehead atoms. The highest BCUT2D eigenvalue weighted by Crippen LogP contribution is 2.12. The molecule has 19 heavy (non-hydrogen) atoms. The van der Waals surface area contributed by atoms with Crippen LogP contribution >= 0.6 is 0 Å². The Balaban J connectivity index is 2.97. The predicted octanol–water partition coefficient (Wildman–Crippen LogP) is 2.70. The van der Waals surface area contributed by atoms with E-state index in [9.17, 15) is 9.00 Å². The van der Waals surface area contributed by atoms with Gasteiger partial charge in [0.05, 0.1) is 22.0 Å². The van der Waals surface area contributed by atoms with Crippen LogP contribution in [-0.2, 0) is 20.3 Å². The van der Waals surface area contributed by atoms with Crippen LogP contribution in [0.3, 0.4) is 0 Å². The zero-order chi connectivity index (χ0) is 14.5. The highest BCUT2D eigenvalue weighted by molar-refractivity contribution is 7.93. The molecule has 0 aliphatic rings. The first-order valence-corrected chi connectivity index (χ1v) is 8.12. The minimum atomic E-state index is -2.72. The van der Waals surface area contributed by atoms with E-state index >= 15 is 0 Å². The number of carboxylic acid groups (broad SMARTS) is 1. The fourth-order valence-electron chi connectivity index (χ4n) is 1.56. The number of rotatable bonds is 6. The molecule has 1 N–H and O–H groups in total. The minimum absolute atomic E-state index is 0.201. The normalized spacial score (nSPS) is 14.1.